The van der Waals surface area contributed by atoms with Crippen LogP contribution in [0.25, 0.3) is 0 Å². The van der Waals surface area contributed by atoms with Gasteiger partial charge in [-0.05, 0) is 70.4 Å². The maximum Gasteiger partial charge on any atom is 0.305 e. The number of benzene rings is 1. The Morgan fingerprint density at radius 3 is 2.05 bits per heavy atom. The van der Waals surface area contributed by atoms with Crippen LogP contribution in [-0.2, 0) is 14.4 Å². The van der Waals surface area contributed by atoms with Gasteiger partial charge in [0.1, 0.15) is 0 Å². The van der Waals surface area contributed by atoms with Crippen molar-refractivity contribution in [3.63, 3.8) is 0 Å². The van der Waals surface area contributed by atoms with Crippen molar-refractivity contribution in [1.29, 1.82) is 0 Å². The molecule has 3 aliphatic rings. The van der Waals surface area contributed by atoms with Gasteiger partial charge in [0.2, 0.25) is 0 Å². The molecular weight excluding hydrogens is 597 g/mol. The maximum absolute atomic E-state index is 13.9. The second-order valence-electron chi connectivity index (χ2n) is 12.2. The first-order valence-corrected chi connectivity index (χ1v) is 14.4. The summed E-state index contributed by atoms with van der Waals surface area (Å²) in [4.78, 5) is 41.4. The Hall–Kier alpha value is -2.36. The van der Waals surface area contributed by atoms with Crippen molar-refractivity contribution in [2.24, 2.45) is 10.8 Å². The van der Waals surface area contributed by atoms with Gasteiger partial charge >= 0.3 is 5.97 Å². The van der Waals surface area contributed by atoms with Gasteiger partial charge in [0.05, 0.1) is 23.7 Å². The number of nitrogens with zero attached hydrogens (tertiary/aromatic N) is 1. The van der Waals surface area contributed by atoms with Gasteiger partial charge in [-0.2, -0.15) is 0 Å². The molecule has 38 heavy (non-hydrogen) atoms. The molecule has 0 atom stereocenters. The molecule has 0 radical (unpaired) electrons. The number of carbonyl (C=O) groups excluding carboxylic acids is 2. The molecule has 0 saturated carbocycles. The Morgan fingerprint density at radius 1 is 1.03 bits per heavy atom. The Labute approximate surface area is 238 Å². The summed E-state index contributed by atoms with van der Waals surface area (Å²) < 4.78 is 12.6. The standard InChI is InChI=1S/C30H38INO6/c1-7-10-38-28-18(31)11-17(12-23(28)37-6)25-26-19(13-29(2,3)15-21(26)33)32(9-8-24(35)36)20-14-30(4,5)16-22(34)27(20)25/h11-12,25H,7-10,13-16H2,1-6H3,(H,35,36). The minimum Gasteiger partial charge on any atom is -0.493 e. The van der Waals surface area contributed by atoms with Gasteiger partial charge < -0.3 is 19.5 Å². The quantitative estimate of drug-likeness (QED) is 0.338. The fourth-order valence-corrected chi connectivity index (χ4v) is 6.89. The van der Waals surface area contributed by atoms with Crippen molar-refractivity contribution >= 4 is 40.1 Å². The number of rotatable bonds is 8. The van der Waals surface area contributed by atoms with Crippen LogP contribution >= 0.6 is 22.6 Å². The summed E-state index contributed by atoms with van der Waals surface area (Å²) in [6, 6.07) is 3.90. The molecule has 1 N–H and O–H groups in total. The van der Waals surface area contributed by atoms with E-state index in [1.165, 1.54) is 0 Å². The van der Waals surface area contributed by atoms with E-state index in [1.54, 1.807) is 7.11 Å². The van der Waals surface area contributed by atoms with E-state index in [0.717, 1.165) is 26.9 Å². The molecule has 0 fully saturated rings. The van der Waals surface area contributed by atoms with Gasteiger partial charge in [-0.25, -0.2) is 0 Å². The minimum atomic E-state index is -0.902. The van der Waals surface area contributed by atoms with Gasteiger partial charge in [0, 0.05) is 47.8 Å². The topological polar surface area (TPSA) is 93.1 Å². The number of hydrogen-bond acceptors (Lipinski definition) is 6. The summed E-state index contributed by atoms with van der Waals surface area (Å²) in [5.41, 5.74) is 3.28. The monoisotopic (exact) mass is 635 g/mol. The van der Waals surface area contributed by atoms with Crippen LogP contribution in [0.4, 0.5) is 0 Å². The van der Waals surface area contributed by atoms with Gasteiger partial charge in [-0.1, -0.05) is 34.6 Å². The van der Waals surface area contributed by atoms with Crippen molar-refractivity contribution in [1.82, 2.24) is 4.90 Å². The SMILES string of the molecule is CCCOc1c(I)cc(C2C3=C(CC(C)(C)CC3=O)N(CCC(=O)O)C3=C2C(=O)CC(C)(C)C3)cc1OC. The second-order valence-corrected chi connectivity index (χ2v) is 13.4. The molecule has 0 aromatic heterocycles. The van der Waals surface area contributed by atoms with E-state index in [4.69, 9.17) is 9.47 Å². The van der Waals surface area contributed by atoms with Gasteiger partial charge in [-0.15, -0.1) is 0 Å². The fourth-order valence-electron chi connectivity index (χ4n) is 6.11. The zero-order chi connectivity index (χ0) is 28.0. The molecule has 0 spiro atoms. The highest BCUT2D eigenvalue weighted by atomic mass is 127. The lowest BCUT2D eigenvalue weighted by Gasteiger charge is -2.49. The normalized spacial score (nSPS) is 20.9. The van der Waals surface area contributed by atoms with Gasteiger partial charge in [-0.3, -0.25) is 14.4 Å². The summed E-state index contributed by atoms with van der Waals surface area (Å²) in [7, 11) is 1.60. The predicted octanol–water partition coefficient (Wildman–Crippen LogP) is 6.25. The molecule has 1 aromatic carbocycles. The number of carbonyl (C=O) groups is 3. The number of halogens is 1. The van der Waals surface area contributed by atoms with Crippen LogP contribution in [0.2, 0.25) is 0 Å². The lowest BCUT2D eigenvalue weighted by molar-refractivity contribution is -0.137. The molecule has 1 aromatic rings. The molecule has 7 nitrogen and oxygen atoms in total. The number of carboxylic acid groups (broad SMARTS) is 1. The van der Waals surface area contributed by atoms with E-state index in [0.29, 0.717) is 54.9 Å². The van der Waals surface area contributed by atoms with Crippen molar-refractivity contribution in [3.8, 4) is 11.5 Å². The molecular formula is C30H38INO6. The second kappa shape index (κ2) is 10.7. The first-order valence-electron chi connectivity index (χ1n) is 13.3. The van der Waals surface area contributed by atoms with Crippen molar-refractivity contribution in [2.75, 3.05) is 20.3 Å². The van der Waals surface area contributed by atoms with Gasteiger partial charge in [0.15, 0.2) is 23.1 Å². The molecule has 0 saturated heterocycles. The fraction of sp³-hybridized carbons (Fsp3) is 0.567. The number of aliphatic carboxylic acids is 1. The van der Waals surface area contributed by atoms with Crippen LogP contribution < -0.4 is 9.47 Å². The Bertz CT molecular complexity index is 1190. The highest BCUT2D eigenvalue weighted by Crippen LogP contribution is 2.55. The van der Waals surface area contributed by atoms with E-state index in [1.807, 2.05) is 24.0 Å². The number of hydrogen-bond donors (Lipinski definition) is 1. The highest BCUT2D eigenvalue weighted by Gasteiger charge is 2.49. The van der Waals surface area contributed by atoms with Crippen LogP contribution in [-0.4, -0.2) is 47.8 Å². The zero-order valence-corrected chi connectivity index (χ0v) is 25.4. The first-order chi connectivity index (χ1) is 17.8. The van der Waals surface area contributed by atoms with Crippen LogP contribution in [0.5, 0.6) is 11.5 Å². The number of ketones is 2. The summed E-state index contributed by atoms with van der Waals surface area (Å²) in [6.45, 7) is 11.1. The highest BCUT2D eigenvalue weighted by molar-refractivity contribution is 14.1. The molecule has 0 amide bonds. The molecule has 8 heteroatoms. The van der Waals surface area contributed by atoms with Crippen LogP contribution in [0.3, 0.4) is 0 Å². The van der Waals surface area contributed by atoms with Gasteiger partial charge in [0.25, 0.3) is 0 Å². The van der Waals surface area contributed by atoms with Crippen LogP contribution in [0, 0.1) is 14.4 Å². The molecule has 1 heterocycles. The number of allylic oxidation sites excluding steroid dienone is 4. The largest absolute Gasteiger partial charge is 0.493 e. The van der Waals surface area contributed by atoms with E-state index in [-0.39, 0.29) is 35.4 Å². The Kier molecular flexibility index (Phi) is 8.04. The van der Waals surface area contributed by atoms with Crippen molar-refractivity contribution in [3.05, 3.63) is 43.8 Å². The summed E-state index contributed by atoms with van der Waals surface area (Å²) in [5, 5.41) is 9.53. The number of carboxylic acids is 1. The maximum atomic E-state index is 13.9. The first kappa shape index (κ1) is 28.6. The van der Waals surface area contributed by atoms with Crippen LogP contribution in [0.15, 0.2) is 34.7 Å². The van der Waals surface area contributed by atoms with Crippen LogP contribution in [0.1, 0.15) is 84.6 Å². The summed E-state index contributed by atoms with van der Waals surface area (Å²) in [5.74, 6) is -0.146. The Balaban J connectivity index is 1.98. The minimum absolute atomic E-state index is 0.0195. The van der Waals surface area contributed by atoms with E-state index in [2.05, 4.69) is 50.3 Å². The zero-order valence-electron chi connectivity index (χ0n) is 23.2. The van der Waals surface area contributed by atoms with E-state index < -0.39 is 11.9 Å². The lowest BCUT2D eigenvalue weighted by Crippen LogP contribution is -2.45. The third-order valence-electron chi connectivity index (χ3n) is 7.61. The summed E-state index contributed by atoms with van der Waals surface area (Å²) >= 11 is 2.23. The molecule has 0 bridgehead atoms. The molecule has 4 rings (SSSR count). The molecule has 0 unspecified atom stereocenters. The third-order valence-corrected chi connectivity index (χ3v) is 8.41. The molecule has 2 aliphatic carbocycles. The molecule has 206 valence electrons. The molecule has 1 aliphatic heterocycles. The van der Waals surface area contributed by atoms with Crippen molar-refractivity contribution < 1.29 is 29.0 Å². The van der Waals surface area contributed by atoms with E-state index >= 15 is 0 Å². The Morgan fingerprint density at radius 2 is 1.58 bits per heavy atom. The smallest absolute Gasteiger partial charge is 0.305 e. The number of Topliss-reactive ketones (excluding diaryl/α,β-unsaturated/α-hetero) is 2. The summed E-state index contributed by atoms with van der Waals surface area (Å²) in [6.07, 6.45) is 2.82. The number of ether oxygens (including phenoxy) is 2. The number of methoxy groups -OCH3 is 1. The predicted molar refractivity (Wildman–Crippen MR) is 153 cm³/mol. The van der Waals surface area contributed by atoms with Crippen molar-refractivity contribution in [2.45, 2.75) is 79.1 Å². The third kappa shape index (κ3) is 5.51. The average molecular weight is 636 g/mol. The van der Waals surface area contributed by atoms with E-state index in [9.17, 15) is 19.5 Å². The lowest BCUT2D eigenvalue weighted by atomic mass is 9.63. The average Bonchev–Trinajstić information content (AvgIpc) is 2.79.